The molecule has 21 heavy (non-hydrogen) atoms. The lowest BCUT2D eigenvalue weighted by molar-refractivity contribution is 0.796. The molecule has 0 radical (unpaired) electrons. The molecule has 1 aliphatic rings. The van der Waals surface area contributed by atoms with E-state index in [1.807, 2.05) is 34.5 Å². The van der Waals surface area contributed by atoms with Crippen LogP contribution in [0.5, 0.6) is 0 Å². The molecule has 0 unspecified atom stereocenters. The van der Waals surface area contributed by atoms with E-state index in [0.717, 1.165) is 47.3 Å². The number of fused-ring (bicyclic) bond motifs is 1. The summed E-state index contributed by atoms with van der Waals surface area (Å²) in [7, 11) is 0. The fourth-order valence-corrected chi connectivity index (χ4v) is 3.49. The molecule has 4 heterocycles. The Kier molecular flexibility index (Phi) is 3.23. The summed E-state index contributed by atoms with van der Waals surface area (Å²) in [5.74, 6) is 3.45. The molecule has 0 aliphatic carbocycles. The van der Waals surface area contributed by atoms with E-state index in [1.165, 1.54) is 0 Å². The van der Waals surface area contributed by atoms with Crippen LogP contribution in [0.25, 0.3) is 16.9 Å². The molecule has 4 rings (SSSR count). The van der Waals surface area contributed by atoms with E-state index in [4.69, 9.17) is 4.98 Å². The predicted molar refractivity (Wildman–Crippen MR) is 85.8 cm³/mol. The highest BCUT2D eigenvalue weighted by molar-refractivity contribution is 7.99. The first-order valence-electron chi connectivity index (χ1n) is 7.00. The van der Waals surface area contributed by atoms with Crippen LogP contribution in [0.2, 0.25) is 0 Å². The van der Waals surface area contributed by atoms with Crippen LogP contribution in [0.15, 0.2) is 42.9 Å². The van der Waals surface area contributed by atoms with Crippen LogP contribution in [0.3, 0.4) is 0 Å². The highest BCUT2D eigenvalue weighted by Crippen LogP contribution is 2.25. The Morgan fingerprint density at radius 1 is 1.00 bits per heavy atom. The maximum absolute atomic E-state index is 4.70. The fourth-order valence-electron chi connectivity index (χ4n) is 2.58. The van der Waals surface area contributed by atoms with Gasteiger partial charge in [-0.05, 0) is 12.1 Å². The molecule has 3 aromatic rings. The molecule has 1 fully saturated rings. The number of rotatable bonds is 2. The Hall–Kier alpha value is -2.08. The molecule has 1 saturated heterocycles. The third-order valence-corrected chi connectivity index (χ3v) is 4.59. The largest absolute Gasteiger partial charge is 0.355 e. The minimum Gasteiger partial charge on any atom is -0.355 e. The average molecular weight is 297 g/mol. The lowest BCUT2D eigenvalue weighted by atomic mass is 10.2. The Bertz CT molecular complexity index is 749. The second-order valence-corrected chi connectivity index (χ2v) is 6.16. The zero-order valence-corrected chi connectivity index (χ0v) is 12.3. The molecule has 0 N–H and O–H groups in total. The van der Waals surface area contributed by atoms with E-state index < -0.39 is 0 Å². The maximum atomic E-state index is 4.70. The van der Waals surface area contributed by atoms with Crippen LogP contribution in [-0.2, 0) is 0 Å². The Morgan fingerprint density at radius 3 is 2.62 bits per heavy atom. The topological polar surface area (TPSA) is 46.3 Å². The molecule has 0 aromatic carbocycles. The van der Waals surface area contributed by atoms with Crippen molar-refractivity contribution in [3.8, 4) is 11.3 Å². The first kappa shape index (κ1) is 12.6. The molecule has 0 bridgehead atoms. The summed E-state index contributed by atoms with van der Waals surface area (Å²) in [4.78, 5) is 11.2. The second kappa shape index (κ2) is 5.37. The molecule has 0 amide bonds. The van der Waals surface area contributed by atoms with Gasteiger partial charge in [0.05, 0.1) is 11.9 Å². The number of pyridine rings is 1. The van der Waals surface area contributed by atoms with Crippen molar-refractivity contribution in [3.63, 3.8) is 0 Å². The molecule has 1 aliphatic heterocycles. The highest BCUT2D eigenvalue weighted by Gasteiger charge is 2.16. The van der Waals surface area contributed by atoms with Crippen LogP contribution < -0.4 is 4.90 Å². The van der Waals surface area contributed by atoms with Crippen LogP contribution in [0.4, 0.5) is 5.82 Å². The summed E-state index contributed by atoms with van der Waals surface area (Å²) >= 11 is 2.01. The van der Waals surface area contributed by atoms with Crippen molar-refractivity contribution >= 4 is 23.2 Å². The normalized spacial score (nSPS) is 15.5. The monoisotopic (exact) mass is 297 g/mol. The number of thioether (sulfide) groups is 1. The van der Waals surface area contributed by atoms with Gasteiger partial charge in [-0.2, -0.15) is 21.4 Å². The minimum absolute atomic E-state index is 0.887. The molecule has 0 spiro atoms. The molecule has 0 saturated carbocycles. The fraction of sp³-hybridized carbons (Fsp3) is 0.267. The summed E-state index contributed by atoms with van der Waals surface area (Å²) in [5.41, 5.74) is 2.94. The number of aromatic nitrogens is 4. The Morgan fingerprint density at radius 2 is 1.81 bits per heavy atom. The second-order valence-electron chi connectivity index (χ2n) is 4.94. The van der Waals surface area contributed by atoms with E-state index in [1.54, 1.807) is 18.6 Å². The zero-order chi connectivity index (χ0) is 14.1. The van der Waals surface area contributed by atoms with Gasteiger partial charge in [-0.3, -0.25) is 4.98 Å². The summed E-state index contributed by atoms with van der Waals surface area (Å²) < 4.78 is 1.93. The number of anilines is 1. The van der Waals surface area contributed by atoms with Gasteiger partial charge in [0, 0.05) is 54.7 Å². The standard InChI is InChI=1S/C15H15N5S/c1-4-16-5-2-12(1)13-11-15(19-7-9-21-10-8-19)20-14(18-13)3-6-17-20/h1-6,11H,7-10H2. The summed E-state index contributed by atoms with van der Waals surface area (Å²) in [6.07, 6.45) is 5.41. The number of nitrogens with zero attached hydrogens (tertiary/aromatic N) is 5. The SMILES string of the molecule is c1cc(-c2cc(N3CCSCC3)n3nccc3n2)ccn1. The Balaban J connectivity index is 1.86. The average Bonchev–Trinajstić information content (AvgIpc) is 3.04. The smallest absolute Gasteiger partial charge is 0.157 e. The minimum atomic E-state index is 0.887. The number of hydrogen-bond acceptors (Lipinski definition) is 5. The third kappa shape index (κ3) is 2.35. The molecule has 3 aromatic heterocycles. The lowest BCUT2D eigenvalue weighted by Crippen LogP contribution is -2.34. The quantitative estimate of drug-likeness (QED) is 0.726. The Labute approximate surface area is 127 Å². The van der Waals surface area contributed by atoms with Crippen molar-refractivity contribution in [3.05, 3.63) is 42.9 Å². The van der Waals surface area contributed by atoms with Crippen LogP contribution in [0.1, 0.15) is 0 Å². The molecule has 0 atom stereocenters. The van der Waals surface area contributed by atoms with Gasteiger partial charge >= 0.3 is 0 Å². The summed E-state index contributed by atoms with van der Waals surface area (Å²) in [6.45, 7) is 2.11. The van der Waals surface area contributed by atoms with Gasteiger partial charge in [0.1, 0.15) is 5.82 Å². The van der Waals surface area contributed by atoms with Crippen LogP contribution in [0, 0.1) is 0 Å². The molecule has 6 heteroatoms. The van der Waals surface area contributed by atoms with E-state index in [9.17, 15) is 0 Å². The first-order valence-corrected chi connectivity index (χ1v) is 8.15. The van der Waals surface area contributed by atoms with Crippen LogP contribution in [-0.4, -0.2) is 44.2 Å². The maximum Gasteiger partial charge on any atom is 0.157 e. The van der Waals surface area contributed by atoms with Crippen LogP contribution >= 0.6 is 11.8 Å². The predicted octanol–water partition coefficient (Wildman–Crippen LogP) is 2.34. The van der Waals surface area contributed by atoms with Gasteiger partial charge in [-0.25, -0.2) is 4.98 Å². The van der Waals surface area contributed by atoms with Gasteiger partial charge < -0.3 is 4.90 Å². The van der Waals surface area contributed by atoms with Gasteiger partial charge in [-0.1, -0.05) is 0 Å². The van der Waals surface area contributed by atoms with Gasteiger partial charge in [-0.15, -0.1) is 0 Å². The lowest BCUT2D eigenvalue weighted by Gasteiger charge is -2.28. The van der Waals surface area contributed by atoms with Gasteiger partial charge in [0.25, 0.3) is 0 Å². The zero-order valence-electron chi connectivity index (χ0n) is 11.5. The highest BCUT2D eigenvalue weighted by atomic mass is 32.2. The summed E-state index contributed by atoms with van der Waals surface area (Å²) in [6, 6.07) is 8.06. The van der Waals surface area contributed by atoms with Crippen molar-refractivity contribution in [2.24, 2.45) is 0 Å². The van der Waals surface area contributed by atoms with E-state index in [2.05, 4.69) is 21.0 Å². The van der Waals surface area contributed by atoms with Crippen molar-refractivity contribution in [2.45, 2.75) is 0 Å². The molecular weight excluding hydrogens is 282 g/mol. The molecular formula is C15H15N5S. The van der Waals surface area contributed by atoms with Crippen molar-refractivity contribution in [1.29, 1.82) is 0 Å². The van der Waals surface area contributed by atoms with E-state index >= 15 is 0 Å². The number of hydrogen-bond donors (Lipinski definition) is 0. The van der Waals surface area contributed by atoms with Gasteiger partial charge in [0.15, 0.2) is 5.65 Å². The molecule has 5 nitrogen and oxygen atoms in total. The first-order chi connectivity index (χ1) is 10.4. The van der Waals surface area contributed by atoms with Gasteiger partial charge in [0.2, 0.25) is 0 Å². The van der Waals surface area contributed by atoms with E-state index in [-0.39, 0.29) is 0 Å². The van der Waals surface area contributed by atoms with E-state index in [0.29, 0.717) is 0 Å². The van der Waals surface area contributed by atoms with Crippen molar-refractivity contribution < 1.29 is 0 Å². The molecule has 106 valence electrons. The van der Waals surface area contributed by atoms with Crippen molar-refractivity contribution in [1.82, 2.24) is 19.6 Å². The summed E-state index contributed by atoms with van der Waals surface area (Å²) in [5, 5.41) is 4.42. The third-order valence-electron chi connectivity index (χ3n) is 3.65. The van der Waals surface area contributed by atoms with Crippen molar-refractivity contribution in [2.75, 3.05) is 29.5 Å².